The Morgan fingerprint density at radius 3 is 2.54 bits per heavy atom. The predicted molar refractivity (Wildman–Crippen MR) is 89.2 cm³/mol. The third kappa shape index (κ3) is 3.35. The maximum Gasteiger partial charge on any atom is 0.416 e. The van der Waals surface area contributed by atoms with E-state index < -0.39 is 28.3 Å². The van der Waals surface area contributed by atoms with Crippen LogP contribution in [0.25, 0.3) is 0 Å². The second-order valence-corrected chi connectivity index (χ2v) is 6.57. The van der Waals surface area contributed by atoms with Crippen molar-refractivity contribution in [2.75, 3.05) is 11.9 Å². The van der Waals surface area contributed by atoms with Crippen LogP contribution in [0.2, 0.25) is 5.02 Å². The molecule has 0 bridgehead atoms. The summed E-state index contributed by atoms with van der Waals surface area (Å²) >= 11 is 5.78. The summed E-state index contributed by atoms with van der Waals surface area (Å²) in [5.74, 6) is -1.69. The lowest BCUT2D eigenvalue weighted by Crippen LogP contribution is -2.37. The van der Waals surface area contributed by atoms with Gasteiger partial charge < -0.3 is 9.64 Å². The molecular weight excluding hydrogens is 374 g/mol. The molecule has 0 aliphatic carbocycles. The van der Waals surface area contributed by atoms with Crippen LogP contribution < -0.4 is 9.64 Å². The molecule has 2 aromatic rings. The average Bonchev–Trinajstić information content (AvgIpc) is 2.55. The molecule has 0 radical (unpaired) electrons. The van der Waals surface area contributed by atoms with Crippen LogP contribution in [0.15, 0.2) is 30.3 Å². The molecule has 0 N–H and O–H groups in total. The summed E-state index contributed by atoms with van der Waals surface area (Å²) < 4.78 is 57.6. The van der Waals surface area contributed by atoms with Crippen molar-refractivity contribution >= 4 is 23.2 Å². The second-order valence-electron chi connectivity index (χ2n) is 6.16. The molecule has 0 aromatic heterocycles. The van der Waals surface area contributed by atoms with E-state index >= 15 is 0 Å². The lowest BCUT2D eigenvalue weighted by molar-refractivity contribution is -0.137. The van der Waals surface area contributed by atoms with Crippen LogP contribution in [0.1, 0.15) is 18.1 Å². The fourth-order valence-corrected chi connectivity index (χ4v) is 3.17. The predicted octanol–water partition coefficient (Wildman–Crippen LogP) is 5.45. The summed E-state index contributed by atoms with van der Waals surface area (Å²) in [7, 11) is 1.66. The summed E-state index contributed by atoms with van der Waals surface area (Å²) in [4.78, 5) is 13.5. The van der Waals surface area contributed by atoms with Crippen molar-refractivity contribution < 1.29 is 27.1 Å². The van der Waals surface area contributed by atoms with Crippen molar-refractivity contribution in [2.24, 2.45) is 5.92 Å². The SMILES string of the molecule is CC1Cc2cc(Oc3c(F)cc(C(F)(F)F)cc3Cl)ccc2N(C)C1=O. The number of ether oxygens (including phenoxy) is 1. The number of nitrogens with zero attached hydrogens (tertiary/aromatic N) is 1. The minimum absolute atomic E-state index is 0.0111. The van der Waals surface area contributed by atoms with Crippen molar-refractivity contribution in [3.8, 4) is 11.5 Å². The van der Waals surface area contributed by atoms with Gasteiger partial charge in [-0.2, -0.15) is 13.2 Å². The van der Waals surface area contributed by atoms with E-state index in [9.17, 15) is 22.4 Å². The monoisotopic (exact) mass is 387 g/mol. The Hall–Kier alpha value is -2.28. The Morgan fingerprint density at radius 2 is 1.92 bits per heavy atom. The van der Waals surface area contributed by atoms with Crippen LogP contribution in [0.4, 0.5) is 23.2 Å². The number of carbonyl (C=O) groups excluding carboxylic acids is 1. The molecule has 0 fully saturated rings. The highest BCUT2D eigenvalue weighted by atomic mass is 35.5. The summed E-state index contributed by atoms with van der Waals surface area (Å²) in [6, 6.07) is 5.74. The molecule has 1 unspecified atom stereocenters. The van der Waals surface area contributed by atoms with Crippen molar-refractivity contribution in [3.05, 3.63) is 52.3 Å². The summed E-state index contributed by atoms with van der Waals surface area (Å²) in [6.45, 7) is 1.79. The second kappa shape index (κ2) is 6.46. The van der Waals surface area contributed by atoms with E-state index in [2.05, 4.69) is 0 Å². The third-order valence-corrected chi connectivity index (χ3v) is 4.52. The maximum absolute atomic E-state index is 14.1. The number of alkyl halides is 3. The standard InChI is InChI=1S/C18H14ClF4NO2/c1-9-5-10-6-12(3-4-15(10)24(2)17(9)25)26-16-13(19)7-11(8-14(16)20)18(21,22)23/h3-4,6-9H,5H2,1-2H3. The topological polar surface area (TPSA) is 29.5 Å². The van der Waals surface area contributed by atoms with Crippen LogP contribution in [-0.4, -0.2) is 13.0 Å². The van der Waals surface area contributed by atoms with Gasteiger partial charge in [-0.05, 0) is 42.3 Å². The zero-order valence-corrected chi connectivity index (χ0v) is 14.6. The van der Waals surface area contributed by atoms with Gasteiger partial charge in [0.2, 0.25) is 5.91 Å². The van der Waals surface area contributed by atoms with Crippen molar-refractivity contribution in [1.29, 1.82) is 0 Å². The zero-order valence-electron chi connectivity index (χ0n) is 13.8. The van der Waals surface area contributed by atoms with Gasteiger partial charge >= 0.3 is 6.18 Å². The lowest BCUT2D eigenvalue weighted by atomic mass is 9.93. The molecule has 1 atom stereocenters. The molecule has 1 heterocycles. The molecule has 0 saturated carbocycles. The molecule has 3 nitrogen and oxygen atoms in total. The van der Waals surface area contributed by atoms with Crippen LogP contribution in [-0.2, 0) is 17.4 Å². The van der Waals surface area contributed by atoms with Crippen molar-refractivity contribution in [1.82, 2.24) is 0 Å². The lowest BCUT2D eigenvalue weighted by Gasteiger charge is -2.30. The largest absolute Gasteiger partial charge is 0.453 e. The molecule has 1 amide bonds. The van der Waals surface area contributed by atoms with Crippen LogP contribution >= 0.6 is 11.6 Å². The number of halogens is 5. The number of fused-ring (bicyclic) bond motifs is 1. The fraction of sp³-hybridized carbons (Fsp3) is 0.278. The van der Waals surface area contributed by atoms with E-state index in [1.807, 2.05) is 0 Å². The first-order valence-electron chi connectivity index (χ1n) is 7.72. The first-order chi connectivity index (χ1) is 12.1. The first kappa shape index (κ1) is 18.5. The quantitative estimate of drug-likeness (QED) is 0.642. The molecule has 2 aromatic carbocycles. The summed E-state index contributed by atoms with van der Waals surface area (Å²) in [5, 5.41) is -0.476. The van der Waals surface area contributed by atoms with Gasteiger partial charge in [0.1, 0.15) is 5.75 Å². The fourth-order valence-electron chi connectivity index (χ4n) is 2.92. The highest BCUT2D eigenvalue weighted by Gasteiger charge is 2.33. The van der Waals surface area contributed by atoms with Gasteiger partial charge in [0, 0.05) is 18.7 Å². The molecule has 138 valence electrons. The minimum Gasteiger partial charge on any atom is -0.453 e. The van der Waals surface area contributed by atoms with Crippen LogP contribution in [0.3, 0.4) is 0 Å². The highest BCUT2D eigenvalue weighted by Crippen LogP contribution is 2.40. The number of carbonyl (C=O) groups is 1. The van der Waals surface area contributed by atoms with E-state index in [1.54, 1.807) is 26.1 Å². The Morgan fingerprint density at radius 1 is 1.23 bits per heavy atom. The van der Waals surface area contributed by atoms with E-state index in [-0.39, 0.29) is 17.6 Å². The maximum atomic E-state index is 14.1. The smallest absolute Gasteiger partial charge is 0.416 e. The number of rotatable bonds is 2. The molecule has 26 heavy (non-hydrogen) atoms. The highest BCUT2D eigenvalue weighted by molar-refractivity contribution is 6.32. The molecule has 0 spiro atoms. The van der Waals surface area contributed by atoms with E-state index in [0.717, 1.165) is 5.56 Å². The van der Waals surface area contributed by atoms with Gasteiger partial charge in [-0.25, -0.2) is 4.39 Å². The van der Waals surface area contributed by atoms with Crippen LogP contribution in [0, 0.1) is 11.7 Å². The zero-order chi connectivity index (χ0) is 19.2. The Kier molecular flexibility index (Phi) is 4.60. The van der Waals surface area contributed by atoms with E-state index in [1.165, 1.54) is 11.0 Å². The number of amides is 1. The Labute approximate surface area is 152 Å². The van der Waals surface area contributed by atoms with Gasteiger partial charge in [0.15, 0.2) is 11.6 Å². The van der Waals surface area contributed by atoms with Gasteiger partial charge in [-0.15, -0.1) is 0 Å². The van der Waals surface area contributed by atoms with Gasteiger partial charge in [-0.1, -0.05) is 18.5 Å². The Balaban J connectivity index is 1.94. The normalized spacial score (nSPS) is 17.3. The molecule has 0 saturated heterocycles. The number of anilines is 1. The van der Waals surface area contributed by atoms with Crippen molar-refractivity contribution in [3.63, 3.8) is 0 Å². The molecule has 3 rings (SSSR count). The number of benzene rings is 2. The van der Waals surface area contributed by atoms with E-state index in [0.29, 0.717) is 24.2 Å². The summed E-state index contributed by atoms with van der Waals surface area (Å²) in [5.41, 5.74) is 0.340. The summed E-state index contributed by atoms with van der Waals surface area (Å²) in [6.07, 6.45) is -4.22. The third-order valence-electron chi connectivity index (χ3n) is 4.24. The first-order valence-corrected chi connectivity index (χ1v) is 8.10. The van der Waals surface area contributed by atoms with E-state index in [4.69, 9.17) is 16.3 Å². The van der Waals surface area contributed by atoms with Crippen LogP contribution in [0.5, 0.6) is 11.5 Å². The molecule has 8 heteroatoms. The molecule has 1 aliphatic heterocycles. The van der Waals surface area contributed by atoms with Gasteiger partial charge in [0.25, 0.3) is 0 Å². The average molecular weight is 388 g/mol. The molecule has 1 aliphatic rings. The molecular formula is C18H14ClF4NO2. The van der Waals surface area contributed by atoms with Gasteiger partial charge in [0.05, 0.1) is 10.6 Å². The Bertz CT molecular complexity index is 859. The van der Waals surface area contributed by atoms with Crippen molar-refractivity contribution in [2.45, 2.75) is 19.5 Å². The number of hydrogen-bond donors (Lipinski definition) is 0. The number of hydrogen-bond acceptors (Lipinski definition) is 2. The van der Waals surface area contributed by atoms with Gasteiger partial charge in [-0.3, -0.25) is 4.79 Å². The minimum atomic E-state index is -4.71.